The molecule has 0 spiro atoms. The molecule has 4 heteroatoms. The minimum atomic E-state index is -0.0701. The number of carbonyl (C=O) groups is 1. The fraction of sp³-hybridized carbons (Fsp3) is 0.917. The van der Waals surface area contributed by atoms with Crippen molar-refractivity contribution in [1.82, 2.24) is 10.6 Å². The van der Waals surface area contributed by atoms with Crippen LogP contribution in [0.25, 0.3) is 0 Å². The molecule has 0 radical (unpaired) electrons. The highest BCUT2D eigenvalue weighted by atomic mass is 16.5. The molecule has 0 bridgehead atoms. The van der Waals surface area contributed by atoms with Crippen LogP contribution in [0.5, 0.6) is 0 Å². The summed E-state index contributed by atoms with van der Waals surface area (Å²) in [6, 6.07) is -0.0701. The van der Waals surface area contributed by atoms with E-state index < -0.39 is 0 Å². The van der Waals surface area contributed by atoms with E-state index in [2.05, 4.69) is 24.5 Å². The quantitative estimate of drug-likeness (QED) is 0.710. The minimum Gasteiger partial charge on any atom is -0.380 e. The third-order valence-electron chi connectivity index (χ3n) is 3.46. The summed E-state index contributed by atoms with van der Waals surface area (Å²) in [5, 5.41) is 6.19. The van der Waals surface area contributed by atoms with E-state index in [1.165, 1.54) is 0 Å². The Kier molecular flexibility index (Phi) is 5.77. The van der Waals surface area contributed by atoms with Crippen LogP contribution >= 0.6 is 0 Å². The number of amides is 1. The third-order valence-corrected chi connectivity index (χ3v) is 3.46. The molecule has 94 valence electrons. The monoisotopic (exact) mass is 228 g/mol. The van der Waals surface area contributed by atoms with Crippen molar-refractivity contribution >= 4 is 5.91 Å². The van der Waals surface area contributed by atoms with Crippen LogP contribution in [0.15, 0.2) is 0 Å². The molecule has 2 atom stereocenters. The Hall–Kier alpha value is -0.610. The fourth-order valence-corrected chi connectivity index (χ4v) is 2.03. The lowest BCUT2D eigenvalue weighted by Crippen LogP contribution is -2.42. The van der Waals surface area contributed by atoms with Crippen LogP contribution in [0.2, 0.25) is 0 Å². The highest BCUT2D eigenvalue weighted by Crippen LogP contribution is 2.10. The van der Waals surface area contributed by atoms with Crippen molar-refractivity contribution in [3.8, 4) is 0 Å². The molecule has 1 rings (SSSR count). The van der Waals surface area contributed by atoms with Crippen LogP contribution in [0.4, 0.5) is 0 Å². The van der Waals surface area contributed by atoms with E-state index >= 15 is 0 Å². The van der Waals surface area contributed by atoms with E-state index in [1.807, 2.05) is 0 Å². The Morgan fingerprint density at radius 1 is 1.50 bits per heavy atom. The second kappa shape index (κ2) is 6.86. The van der Waals surface area contributed by atoms with Gasteiger partial charge in [-0.3, -0.25) is 4.79 Å². The maximum absolute atomic E-state index is 11.8. The molecule has 1 aliphatic rings. The SMILES string of the molecule is CCC(CC)CNC(=O)C1CC(OC)CN1. The van der Waals surface area contributed by atoms with E-state index in [4.69, 9.17) is 4.74 Å². The van der Waals surface area contributed by atoms with Crippen LogP contribution in [-0.4, -0.2) is 38.3 Å². The van der Waals surface area contributed by atoms with E-state index in [-0.39, 0.29) is 18.1 Å². The van der Waals surface area contributed by atoms with Crippen LogP contribution < -0.4 is 10.6 Å². The summed E-state index contributed by atoms with van der Waals surface area (Å²) >= 11 is 0. The van der Waals surface area contributed by atoms with Gasteiger partial charge in [-0.2, -0.15) is 0 Å². The lowest BCUT2D eigenvalue weighted by atomic mass is 10.0. The molecule has 0 aromatic heterocycles. The zero-order chi connectivity index (χ0) is 12.0. The first-order valence-corrected chi connectivity index (χ1v) is 6.25. The predicted molar refractivity (Wildman–Crippen MR) is 64.3 cm³/mol. The summed E-state index contributed by atoms with van der Waals surface area (Å²) in [4.78, 5) is 11.8. The molecule has 2 N–H and O–H groups in total. The highest BCUT2D eigenvalue weighted by Gasteiger charge is 2.29. The van der Waals surface area contributed by atoms with Gasteiger partial charge in [0, 0.05) is 20.2 Å². The van der Waals surface area contributed by atoms with Gasteiger partial charge in [-0.05, 0) is 12.3 Å². The van der Waals surface area contributed by atoms with E-state index in [0.717, 1.165) is 32.4 Å². The topological polar surface area (TPSA) is 50.4 Å². The van der Waals surface area contributed by atoms with Crippen molar-refractivity contribution in [3.63, 3.8) is 0 Å². The van der Waals surface area contributed by atoms with Crippen molar-refractivity contribution in [2.24, 2.45) is 5.92 Å². The van der Waals surface area contributed by atoms with Crippen LogP contribution in [0, 0.1) is 5.92 Å². The number of hydrogen-bond donors (Lipinski definition) is 2. The first-order valence-electron chi connectivity index (χ1n) is 6.25. The van der Waals surface area contributed by atoms with Gasteiger partial charge in [0.1, 0.15) is 0 Å². The summed E-state index contributed by atoms with van der Waals surface area (Å²) < 4.78 is 5.22. The number of nitrogens with one attached hydrogen (secondary N) is 2. The van der Waals surface area contributed by atoms with Gasteiger partial charge in [-0.15, -0.1) is 0 Å². The smallest absolute Gasteiger partial charge is 0.237 e. The molecule has 2 unspecified atom stereocenters. The summed E-state index contributed by atoms with van der Waals surface area (Å²) in [5.74, 6) is 0.718. The Balaban J connectivity index is 2.25. The highest BCUT2D eigenvalue weighted by molar-refractivity contribution is 5.82. The molecule has 4 nitrogen and oxygen atoms in total. The Bertz CT molecular complexity index is 217. The lowest BCUT2D eigenvalue weighted by molar-refractivity contribution is -0.123. The molecule has 0 aromatic rings. The van der Waals surface area contributed by atoms with Crippen LogP contribution in [0.3, 0.4) is 0 Å². The van der Waals surface area contributed by atoms with Gasteiger partial charge < -0.3 is 15.4 Å². The minimum absolute atomic E-state index is 0.0701. The average molecular weight is 228 g/mol. The average Bonchev–Trinajstić information content (AvgIpc) is 2.78. The maximum atomic E-state index is 11.8. The first-order chi connectivity index (χ1) is 7.71. The normalized spacial score (nSPS) is 25.0. The largest absolute Gasteiger partial charge is 0.380 e. The molecule has 1 heterocycles. The summed E-state index contributed by atoms with van der Waals surface area (Å²) in [7, 11) is 1.69. The van der Waals surface area contributed by atoms with Crippen molar-refractivity contribution < 1.29 is 9.53 Å². The van der Waals surface area contributed by atoms with Crippen molar-refractivity contribution in [1.29, 1.82) is 0 Å². The Morgan fingerprint density at radius 2 is 2.19 bits per heavy atom. The predicted octanol–water partition coefficient (Wildman–Crippen LogP) is 0.916. The third kappa shape index (κ3) is 3.76. The van der Waals surface area contributed by atoms with Gasteiger partial charge in [0.2, 0.25) is 5.91 Å². The molecule has 1 aliphatic heterocycles. The number of hydrogen-bond acceptors (Lipinski definition) is 3. The summed E-state index contributed by atoms with van der Waals surface area (Å²) in [6.45, 7) is 5.89. The van der Waals surface area contributed by atoms with Crippen molar-refractivity contribution in [2.45, 2.75) is 45.3 Å². The molecular formula is C12H24N2O2. The maximum Gasteiger partial charge on any atom is 0.237 e. The van der Waals surface area contributed by atoms with Gasteiger partial charge in [-0.25, -0.2) is 0 Å². The number of ether oxygens (including phenoxy) is 1. The molecular weight excluding hydrogens is 204 g/mol. The van der Waals surface area contributed by atoms with Gasteiger partial charge in [0.05, 0.1) is 12.1 Å². The lowest BCUT2D eigenvalue weighted by Gasteiger charge is -2.16. The van der Waals surface area contributed by atoms with Crippen LogP contribution in [-0.2, 0) is 9.53 Å². The molecule has 1 amide bonds. The van der Waals surface area contributed by atoms with E-state index in [1.54, 1.807) is 7.11 Å². The fourth-order valence-electron chi connectivity index (χ4n) is 2.03. The molecule has 0 aliphatic carbocycles. The molecule has 16 heavy (non-hydrogen) atoms. The molecule has 1 saturated heterocycles. The number of rotatable bonds is 6. The molecule has 0 saturated carbocycles. The van der Waals surface area contributed by atoms with Gasteiger partial charge >= 0.3 is 0 Å². The Labute approximate surface area is 98.1 Å². The second-order valence-corrected chi connectivity index (χ2v) is 4.48. The molecule has 0 aromatic carbocycles. The first kappa shape index (κ1) is 13.5. The van der Waals surface area contributed by atoms with E-state index in [9.17, 15) is 4.79 Å². The van der Waals surface area contributed by atoms with Gasteiger partial charge in [0.15, 0.2) is 0 Å². The zero-order valence-corrected chi connectivity index (χ0v) is 10.6. The molecule has 1 fully saturated rings. The number of carbonyl (C=O) groups excluding carboxylic acids is 1. The van der Waals surface area contributed by atoms with Crippen molar-refractivity contribution in [3.05, 3.63) is 0 Å². The van der Waals surface area contributed by atoms with Gasteiger partial charge in [0.25, 0.3) is 0 Å². The summed E-state index contributed by atoms with van der Waals surface area (Å²) in [6.07, 6.45) is 3.21. The number of methoxy groups -OCH3 is 1. The zero-order valence-electron chi connectivity index (χ0n) is 10.6. The Morgan fingerprint density at radius 3 is 2.69 bits per heavy atom. The standard InChI is InChI=1S/C12H24N2O2/c1-4-9(5-2)7-14-12(15)11-6-10(16-3)8-13-11/h9-11,13H,4-8H2,1-3H3,(H,14,15). The van der Waals surface area contributed by atoms with Gasteiger partial charge in [-0.1, -0.05) is 26.7 Å². The van der Waals surface area contributed by atoms with Crippen molar-refractivity contribution in [2.75, 3.05) is 20.2 Å². The second-order valence-electron chi connectivity index (χ2n) is 4.48. The van der Waals surface area contributed by atoms with E-state index in [0.29, 0.717) is 5.92 Å². The summed E-state index contributed by atoms with van der Waals surface area (Å²) in [5.41, 5.74) is 0. The van der Waals surface area contributed by atoms with Crippen LogP contribution in [0.1, 0.15) is 33.1 Å².